The van der Waals surface area contributed by atoms with Gasteiger partial charge in [0.25, 0.3) is 6.71 Å². The smallest absolute Gasteiger partial charge is 0.252 e. The molecule has 0 fully saturated rings. The average molecular weight is 430 g/mol. The Labute approximate surface area is 196 Å². The summed E-state index contributed by atoms with van der Waals surface area (Å²) in [5.41, 5.74) is 13.6. The Morgan fingerprint density at radius 1 is 0.529 bits per heavy atom. The van der Waals surface area contributed by atoms with Crippen molar-refractivity contribution in [2.45, 2.75) is 6.92 Å². The summed E-state index contributed by atoms with van der Waals surface area (Å²) in [6.45, 7) is 2.50. The van der Waals surface area contributed by atoms with Crippen LogP contribution in [0.5, 0.6) is 0 Å². The molecule has 0 saturated heterocycles. The van der Waals surface area contributed by atoms with Crippen LogP contribution in [0.1, 0.15) is 5.56 Å². The van der Waals surface area contributed by atoms with Gasteiger partial charge in [-0.1, -0.05) is 78.9 Å². The number of para-hydroxylation sites is 4. The molecule has 3 heteroatoms. The summed E-state index contributed by atoms with van der Waals surface area (Å²) >= 11 is 0. The summed E-state index contributed by atoms with van der Waals surface area (Å²) in [6, 6.07) is 36.2. The molecule has 0 unspecified atom stereocenters. The molecule has 4 heterocycles. The molecule has 0 bridgehead atoms. The van der Waals surface area contributed by atoms with Crippen molar-refractivity contribution in [1.29, 1.82) is 0 Å². The van der Waals surface area contributed by atoms with Gasteiger partial charge in [-0.25, -0.2) is 0 Å². The molecular weight excluding hydrogens is 411 g/mol. The van der Waals surface area contributed by atoms with Crippen molar-refractivity contribution < 1.29 is 0 Å². The Morgan fingerprint density at radius 3 is 1.76 bits per heavy atom. The van der Waals surface area contributed by atoms with E-state index < -0.39 is 0 Å². The number of aryl methyl sites for hydroxylation is 1. The first-order chi connectivity index (χ1) is 16.8. The third-order valence-corrected chi connectivity index (χ3v) is 8.22. The van der Waals surface area contributed by atoms with E-state index in [-0.39, 0.29) is 6.71 Å². The molecule has 0 amide bonds. The number of nitrogens with zero attached hydrogens (tertiary/aromatic N) is 2. The van der Waals surface area contributed by atoms with Crippen LogP contribution in [0.25, 0.3) is 55.0 Å². The molecule has 0 radical (unpaired) electrons. The van der Waals surface area contributed by atoms with Crippen molar-refractivity contribution in [2.24, 2.45) is 0 Å². The topological polar surface area (TPSA) is 9.86 Å². The van der Waals surface area contributed by atoms with E-state index in [9.17, 15) is 0 Å². The van der Waals surface area contributed by atoms with Crippen LogP contribution in [-0.2, 0) is 0 Å². The zero-order chi connectivity index (χ0) is 22.1. The second-order valence-corrected chi connectivity index (χ2v) is 9.79. The van der Waals surface area contributed by atoms with Gasteiger partial charge in [0.1, 0.15) is 0 Å². The Balaban J connectivity index is 1.60. The zero-order valence-corrected chi connectivity index (χ0v) is 18.7. The molecule has 0 aliphatic carbocycles. The van der Waals surface area contributed by atoms with E-state index in [0.29, 0.717) is 0 Å². The van der Waals surface area contributed by atoms with Gasteiger partial charge >= 0.3 is 0 Å². The summed E-state index contributed by atoms with van der Waals surface area (Å²) in [4.78, 5) is 0. The maximum Gasteiger partial charge on any atom is 0.252 e. The molecule has 0 atom stereocenters. The third kappa shape index (κ3) is 1.74. The molecule has 0 saturated carbocycles. The standard InChI is InChI=1S/C31H19BN2/c1-18-16-17-27-28-29(18)34-26-15-5-3-9-20(26)22-11-7-13-24(31(22)34)32(28)23-12-6-10-21-19-8-2-4-14-25(19)33(27)30(21)23/h2-17H,1H3. The zero-order valence-electron chi connectivity index (χ0n) is 18.7. The fourth-order valence-corrected chi connectivity index (χ4v) is 7.00. The number of rotatable bonds is 0. The average Bonchev–Trinajstić information content (AvgIpc) is 3.40. The minimum atomic E-state index is 0.228. The van der Waals surface area contributed by atoms with Crippen LogP contribution < -0.4 is 16.4 Å². The molecule has 7 aromatic rings. The predicted molar refractivity (Wildman–Crippen MR) is 145 cm³/mol. The molecule has 156 valence electrons. The van der Waals surface area contributed by atoms with Gasteiger partial charge in [0.05, 0.1) is 11.0 Å². The molecule has 2 nitrogen and oxygen atoms in total. The van der Waals surface area contributed by atoms with E-state index in [0.717, 1.165) is 0 Å². The quantitative estimate of drug-likeness (QED) is 0.288. The maximum absolute atomic E-state index is 2.54. The van der Waals surface area contributed by atoms with Gasteiger partial charge in [-0.05, 0) is 47.1 Å². The summed E-state index contributed by atoms with van der Waals surface area (Å²) in [5.74, 6) is 0. The Kier molecular flexibility index (Phi) is 2.86. The Bertz CT molecular complexity index is 2040. The predicted octanol–water partition coefficient (Wildman–Crippen LogP) is 5.33. The second kappa shape index (κ2) is 5.63. The molecule has 2 aromatic heterocycles. The van der Waals surface area contributed by atoms with Crippen LogP contribution in [0.15, 0.2) is 97.1 Å². The highest BCUT2D eigenvalue weighted by Crippen LogP contribution is 2.39. The third-order valence-electron chi connectivity index (χ3n) is 8.22. The number of benzene rings is 5. The van der Waals surface area contributed by atoms with Crippen molar-refractivity contribution in [3.8, 4) is 11.4 Å². The largest absolute Gasteiger partial charge is 0.310 e. The van der Waals surface area contributed by atoms with Crippen molar-refractivity contribution in [3.63, 3.8) is 0 Å². The van der Waals surface area contributed by atoms with Crippen molar-refractivity contribution in [1.82, 2.24) is 9.13 Å². The lowest BCUT2D eigenvalue weighted by Gasteiger charge is -2.34. The lowest BCUT2D eigenvalue weighted by atomic mass is 9.34. The van der Waals surface area contributed by atoms with Gasteiger partial charge in [-0.2, -0.15) is 0 Å². The van der Waals surface area contributed by atoms with Gasteiger partial charge in [-0.15, -0.1) is 0 Å². The van der Waals surface area contributed by atoms with Crippen LogP contribution in [0.4, 0.5) is 0 Å². The minimum Gasteiger partial charge on any atom is -0.310 e. The first-order valence-corrected chi connectivity index (χ1v) is 12.0. The number of aromatic nitrogens is 2. The normalized spacial score (nSPS) is 13.4. The van der Waals surface area contributed by atoms with E-state index in [2.05, 4.69) is 113 Å². The van der Waals surface area contributed by atoms with Crippen LogP contribution in [0.2, 0.25) is 0 Å². The summed E-state index contributed by atoms with van der Waals surface area (Å²) in [5, 5.41) is 5.36. The lowest BCUT2D eigenvalue weighted by molar-refractivity contribution is 1.12. The Morgan fingerprint density at radius 2 is 1.09 bits per heavy atom. The molecule has 9 rings (SSSR count). The Hall–Kier alpha value is -4.24. The van der Waals surface area contributed by atoms with Crippen LogP contribution >= 0.6 is 0 Å². The van der Waals surface area contributed by atoms with Gasteiger partial charge in [0.2, 0.25) is 0 Å². The monoisotopic (exact) mass is 430 g/mol. The molecule has 5 aromatic carbocycles. The summed E-state index contributed by atoms with van der Waals surface area (Å²) < 4.78 is 5.06. The lowest BCUT2D eigenvalue weighted by Crippen LogP contribution is -2.59. The van der Waals surface area contributed by atoms with E-state index in [4.69, 9.17) is 0 Å². The summed E-state index contributed by atoms with van der Waals surface area (Å²) in [7, 11) is 0. The fraction of sp³-hybridized carbons (Fsp3) is 0.0323. The van der Waals surface area contributed by atoms with Gasteiger partial charge in [0, 0.05) is 44.0 Å². The molecule has 2 aliphatic heterocycles. The van der Waals surface area contributed by atoms with E-state index >= 15 is 0 Å². The highest BCUT2D eigenvalue weighted by Gasteiger charge is 2.40. The first kappa shape index (κ1) is 17.3. The van der Waals surface area contributed by atoms with Crippen molar-refractivity contribution in [2.75, 3.05) is 0 Å². The first-order valence-electron chi connectivity index (χ1n) is 12.0. The van der Waals surface area contributed by atoms with Crippen molar-refractivity contribution >= 4 is 66.7 Å². The van der Waals surface area contributed by atoms with Gasteiger partial charge in [0.15, 0.2) is 0 Å². The molecule has 2 aliphatic rings. The van der Waals surface area contributed by atoms with Crippen LogP contribution in [0, 0.1) is 6.92 Å². The van der Waals surface area contributed by atoms with E-state index in [1.807, 2.05) is 0 Å². The van der Waals surface area contributed by atoms with E-state index in [1.54, 1.807) is 0 Å². The van der Waals surface area contributed by atoms with Gasteiger partial charge in [-0.3, -0.25) is 0 Å². The molecular formula is C31H19BN2. The van der Waals surface area contributed by atoms with Crippen molar-refractivity contribution in [3.05, 3.63) is 103 Å². The highest BCUT2D eigenvalue weighted by atomic mass is 15.0. The van der Waals surface area contributed by atoms with E-state index in [1.165, 1.54) is 76.9 Å². The number of hydrogen-bond donors (Lipinski definition) is 0. The minimum absolute atomic E-state index is 0.228. The van der Waals surface area contributed by atoms with Crippen LogP contribution in [-0.4, -0.2) is 15.8 Å². The SMILES string of the molecule is Cc1ccc2c3c1-n1c4ccccc4c4cccc(c41)B3c1cccc3c4ccccc4n-2c13. The molecule has 34 heavy (non-hydrogen) atoms. The molecule has 0 spiro atoms. The van der Waals surface area contributed by atoms with Gasteiger partial charge < -0.3 is 9.13 Å². The summed E-state index contributed by atoms with van der Waals surface area (Å²) in [6.07, 6.45) is 0. The number of fused-ring (bicyclic) bond motifs is 10. The van der Waals surface area contributed by atoms with Crippen LogP contribution in [0.3, 0.4) is 0 Å². The maximum atomic E-state index is 2.54. The fourth-order valence-electron chi connectivity index (χ4n) is 7.00. The number of hydrogen-bond acceptors (Lipinski definition) is 0. The molecule has 0 N–H and O–H groups in total. The highest BCUT2D eigenvalue weighted by molar-refractivity contribution is 7.00. The second-order valence-electron chi connectivity index (χ2n) is 9.79.